The number of piperazine rings is 1. The van der Waals surface area contributed by atoms with Crippen molar-refractivity contribution in [3.8, 4) is 0 Å². The molecule has 0 aromatic heterocycles. The maximum Gasteiger partial charge on any atom is 0.317 e. The van der Waals surface area contributed by atoms with Gasteiger partial charge in [0.25, 0.3) is 0 Å². The fourth-order valence-corrected chi connectivity index (χ4v) is 3.46. The van der Waals surface area contributed by atoms with Crippen LogP contribution in [0.3, 0.4) is 0 Å². The van der Waals surface area contributed by atoms with Crippen LogP contribution >= 0.6 is 0 Å². The number of hydrogen-bond donors (Lipinski definition) is 2. The zero-order chi connectivity index (χ0) is 13.9. The minimum Gasteiger partial charge on any atom is -0.339 e. The lowest BCUT2D eigenvalue weighted by atomic mass is 10.00. The molecule has 3 saturated heterocycles. The first-order valence-corrected chi connectivity index (χ1v) is 7.79. The Labute approximate surface area is 119 Å². The summed E-state index contributed by atoms with van der Waals surface area (Å²) in [5.41, 5.74) is 0. The molecule has 20 heavy (non-hydrogen) atoms. The molecule has 0 aliphatic carbocycles. The van der Waals surface area contributed by atoms with Gasteiger partial charge in [-0.1, -0.05) is 6.42 Å². The Balaban J connectivity index is 1.44. The molecule has 2 unspecified atom stereocenters. The Morgan fingerprint density at radius 3 is 3.00 bits per heavy atom. The van der Waals surface area contributed by atoms with Gasteiger partial charge in [0.2, 0.25) is 5.91 Å². The van der Waals surface area contributed by atoms with E-state index >= 15 is 0 Å². The summed E-state index contributed by atoms with van der Waals surface area (Å²) >= 11 is 0. The highest BCUT2D eigenvalue weighted by Gasteiger charge is 2.36. The highest BCUT2D eigenvalue weighted by Crippen LogP contribution is 2.17. The summed E-state index contributed by atoms with van der Waals surface area (Å²) in [4.78, 5) is 27.6. The Hall–Kier alpha value is -1.30. The molecule has 0 saturated carbocycles. The van der Waals surface area contributed by atoms with E-state index in [2.05, 4.69) is 10.6 Å². The van der Waals surface area contributed by atoms with Gasteiger partial charge >= 0.3 is 6.03 Å². The predicted molar refractivity (Wildman–Crippen MR) is 75.3 cm³/mol. The minimum absolute atomic E-state index is 0.0218. The van der Waals surface area contributed by atoms with E-state index in [0.29, 0.717) is 38.6 Å². The second-order valence-corrected chi connectivity index (χ2v) is 6.06. The summed E-state index contributed by atoms with van der Waals surface area (Å²) in [6, 6.07) is 0.713. The van der Waals surface area contributed by atoms with Crippen molar-refractivity contribution in [3.63, 3.8) is 0 Å². The molecule has 0 radical (unpaired) electrons. The van der Waals surface area contributed by atoms with Crippen LogP contribution < -0.4 is 10.6 Å². The third kappa shape index (κ3) is 2.90. The van der Waals surface area contributed by atoms with Crippen molar-refractivity contribution in [3.05, 3.63) is 0 Å². The minimum atomic E-state index is 0.0218. The number of urea groups is 1. The lowest BCUT2D eigenvalue weighted by Gasteiger charge is -2.36. The molecular weight excluding hydrogens is 256 g/mol. The monoisotopic (exact) mass is 280 g/mol. The lowest BCUT2D eigenvalue weighted by molar-refractivity contribution is -0.133. The van der Waals surface area contributed by atoms with E-state index in [1.54, 1.807) is 0 Å². The van der Waals surface area contributed by atoms with Crippen molar-refractivity contribution < 1.29 is 9.59 Å². The average molecular weight is 280 g/mol. The number of carbonyl (C=O) groups excluding carboxylic acids is 2. The van der Waals surface area contributed by atoms with Crippen molar-refractivity contribution in [1.82, 2.24) is 20.4 Å². The van der Waals surface area contributed by atoms with Crippen molar-refractivity contribution in [2.45, 2.75) is 44.2 Å². The summed E-state index contributed by atoms with van der Waals surface area (Å²) < 4.78 is 0. The molecule has 3 aliphatic rings. The Bertz CT molecular complexity index is 381. The maximum absolute atomic E-state index is 12.3. The molecule has 0 aromatic rings. The lowest BCUT2D eigenvalue weighted by Crippen LogP contribution is -2.53. The van der Waals surface area contributed by atoms with Gasteiger partial charge in [0, 0.05) is 38.6 Å². The molecule has 2 N–H and O–H groups in total. The number of rotatable bonds is 3. The second kappa shape index (κ2) is 5.99. The number of nitrogens with one attached hydrogen (secondary N) is 2. The second-order valence-electron chi connectivity index (χ2n) is 6.06. The number of nitrogens with zero attached hydrogens (tertiary/aromatic N) is 2. The maximum atomic E-state index is 12.3. The third-order valence-electron chi connectivity index (χ3n) is 4.70. The molecule has 3 heterocycles. The normalized spacial score (nSPS) is 30.1. The highest BCUT2D eigenvalue weighted by atomic mass is 16.2. The number of fused-ring (bicyclic) bond motifs is 1. The Kier molecular flexibility index (Phi) is 4.10. The van der Waals surface area contributed by atoms with Crippen LogP contribution in [-0.4, -0.2) is 66.5 Å². The first-order valence-electron chi connectivity index (χ1n) is 7.79. The Morgan fingerprint density at radius 1 is 1.30 bits per heavy atom. The fraction of sp³-hybridized carbons (Fsp3) is 0.857. The molecule has 112 valence electrons. The van der Waals surface area contributed by atoms with Crippen LogP contribution in [-0.2, 0) is 4.79 Å². The van der Waals surface area contributed by atoms with Crippen LogP contribution in [0.4, 0.5) is 4.79 Å². The van der Waals surface area contributed by atoms with E-state index in [4.69, 9.17) is 0 Å². The van der Waals surface area contributed by atoms with Crippen LogP contribution in [0.15, 0.2) is 0 Å². The summed E-state index contributed by atoms with van der Waals surface area (Å²) in [6.07, 6.45) is 5.31. The summed E-state index contributed by atoms with van der Waals surface area (Å²) in [6.45, 7) is 3.81. The SMILES string of the molecule is O=C(CCC1CCCCN1)N1CCN2C(=O)NCC2C1. The van der Waals surface area contributed by atoms with E-state index in [1.165, 1.54) is 19.3 Å². The zero-order valence-corrected chi connectivity index (χ0v) is 11.9. The van der Waals surface area contributed by atoms with Crippen LogP contribution in [0.1, 0.15) is 32.1 Å². The van der Waals surface area contributed by atoms with Crippen molar-refractivity contribution in [2.75, 3.05) is 32.7 Å². The zero-order valence-electron chi connectivity index (χ0n) is 11.9. The molecule has 0 aromatic carbocycles. The van der Waals surface area contributed by atoms with Crippen LogP contribution in [0.5, 0.6) is 0 Å². The number of piperidine rings is 1. The van der Waals surface area contributed by atoms with E-state index in [-0.39, 0.29) is 18.0 Å². The van der Waals surface area contributed by atoms with Gasteiger partial charge in [-0.15, -0.1) is 0 Å². The predicted octanol–water partition coefficient (Wildman–Crippen LogP) is 0.145. The van der Waals surface area contributed by atoms with E-state index < -0.39 is 0 Å². The van der Waals surface area contributed by atoms with E-state index in [9.17, 15) is 9.59 Å². The van der Waals surface area contributed by atoms with Crippen LogP contribution in [0, 0.1) is 0 Å². The quantitative estimate of drug-likeness (QED) is 0.773. The number of amides is 3. The molecule has 3 rings (SSSR count). The van der Waals surface area contributed by atoms with E-state index in [0.717, 1.165) is 13.0 Å². The van der Waals surface area contributed by atoms with Gasteiger partial charge in [-0.05, 0) is 25.8 Å². The molecule has 0 bridgehead atoms. The van der Waals surface area contributed by atoms with Gasteiger partial charge in [0.15, 0.2) is 0 Å². The number of carbonyl (C=O) groups is 2. The van der Waals surface area contributed by atoms with Gasteiger partial charge in [-0.2, -0.15) is 0 Å². The summed E-state index contributed by atoms with van der Waals surface area (Å²) in [5.74, 6) is 0.247. The average Bonchev–Trinajstić information content (AvgIpc) is 2.87. The van der Waals surface area contributed by atoms with Gasteiger partial charge in [0.05, 0.1) is 6.04 Å². The molecule has 3 aliphatic heterocycles. The molecule has 3 amide bonds. The molecule has 3 fully saturated rings. The standard InChI is InChI=1S/C14H24N4O2/c19-13(5-4-11-3-1-2-6-15-11)17-7-8-18-12(10-17)9-16-14(18)20/h11-12,15H,1-10H2,(H,16,20). The van der Waals surface area contributed by atoms with Crippen molar-refractivity contribution in [2.24, 2.45) is 0 Å². The van der Waals surface area contributed by atoms with Gasteiger partial charge in [-0.3, -0.25) is 4.79 Å². The van der Waals surface area contributed by atoms with Crippen molar-refractivity contribution in [1.29, 1.82) is 0 Å². The van der Waals surface area contributed by atoms with Crippen LogP contribution in [0.25, 0.3) is 0 Å². The van der Waals surface area contributed by atoms with Crippen LogP contribution in [0.2, 0.25) is 0 Å². The molecule has 0 spiro atoms. The van der Waals surface area contributed by atoms with E-state index in [1.807, 2.05) is 9.80 Å². The summed E-state index contributed by atoms with van der Waals surface area (Å²) in [7, 11) is 0. The fourth-order valence-electron chi connectivity index (χ4n) is 3.46. The molecule has 2 atom stereocenters. The molecule has 6 nitrogen and oxygen atoms in total. The van der Waals surface area contributed by atoms with Gasteiger partial charge < -0.3 is 20.4 Å². The summed E-state index contributed by atoms with van der Waals surface area (Å²) in [5, 5.41) is 6.33. The molecule has 6 heteroatoms. The smallest absolute Gasteiger partial charge is 0.317 e. The number of hydrogen-bond acceptors (Lipinski definition) is 3. The largest absolute Gasteiger partial charge is 0.339 e. The van der Waals surface area contributed by atoms with Gasteiger partial charge in [-0.25, -0.2) is 4.79 Å². The third-order valence-corrected chi connectivity index (χ3v) is 4.70. The van der Waals surface area contributed by atoms with Gasteiger partial charge in [0.1, 0.15) is 0 Å². The topological polar surface area (TPSA) is 64.7 Å². The first-order chi connectivity index (χ1) is 9.74. The Morgan fingerprint density at radius 2 is 2.20 bits per heavy atom. The highest BCUT2D eigenvalue weighted by molar-refractivity contribution is 5.79. The van der Waals surface area contributed by atoms with Crippen molar-refractivity contribution >= 4 is 11.9 Å². The first kappa shape index (κ1) is 13.7. The molecular formula is C14H24N4O2.